The standard InChI is InChI=1S/C17H32N4O4S.HI/c1-16(2,3)25-15(22)20-8-9-21-13(12-20)11-19-14(21)18-7-10-26(23,24)17(4,5)6;/h13H,7-12H2,1-6H3,(H,18,19);1H. The van der Waals surface area contributed by atoms with Gasteiger partial charge in [-0.3, -0.25) is 4.99 Å². The second-order valence-corrected chi connectivity index (χ2v) is 11.7. The molecule has 1 amide bonds. The van der Waals surface area contributed by atoms with Crippen LogP contribution < -0.4 is 5.32 Å². The monoisotopic (exact) mass is 516 g/mol. The van der Waals surface area contributed by atoms with Crippen molar-refractivity contribution < 1.29 is 17.9 Å². The number of rotatable bonds is 3. The van der Waals surface area contributed by atoms with Gasteiger partial charge in [-0.05, 0) is 41.5 Å². The summed E-state index contributed by atoms with van der Waals surface area (Å²) in [6.45, 7) is 13.4. The summed E-state index contributed by atoms with van der Waals surface area (Å²) >= 11 is 0. The van der Waals surface area contributed by atoms with Gasteiger partial charge in [0, 0.05) is 26.2 Å². The summed E-state index contributed by atoms with van der Waals surface area (Å²) in [4.78, 5) is 20.5. The van der Waals surface area contributed by atoms with E-state index in [1.807, 2.05) is 20.8 Å². The summed E-state index contributed by atoms with van der Waals surface area (Å²) in [6, 6.07) is 0.109. The van der Waals surface area contributed by atoms with Gasteiger partial charge < -0.3 is 19.9 Å². The van der Waals surface area contributed by atoms with Crippen LogP contribution in [-0.2, 0) is 14.6 Å². The Morgan fingerprint density at radius 1 is 1.22 bits per heavy atom. The topological polar surface area (TPSA) is 91.3 Å². The number of carbonyl (C=O) groups excluding carboxylic acids is 1. The molecule has 10 heteroatoms. The maximum atomic E-state index is 12.2. The van der Waals surface area contributed by atoms with Gasteiger partial charge in [-0.15, -0.1) is 24.0 Å². The molecule has 0 radical (unpaired) electrons. The molecule has 1 N–H and O–H groups in total. The van der Waals surface area contributed by atoms with Gasteiger partial charge >= 0.3 is 6.09 Å². The van der Waals surface area contributed by atoms with Crippen molar-refractivity contribution in [3.8, 4) is 0 Å². The molecule has 2 aliphatic rings. The molecular formula is C17H33IN4O4S. The van der Waals surface area contributed by atoms with Crippen molar-refractivity contribution in [1.29, 1.82) is 0 Å². The molecular weight excluding hydrogens is 483 g/mol. The van der Waals surface area contributed by atoms with Crippen LogP contribution in [0.25, 0.3) is 0 Å². The second kappa shape index (κ2) is 8.71. The first-order valence-corrected chi connectivity index (χ1v) is 10.7. The zero-order valence-electron chi connectivity index (χ0n) is 17.1. The average molecular weight is 516 g/mol. The molecule has 0 aromatic carbocycles. The minimum Gasteiger partial charge on any atom is -0.444 e. The molecule has 1 atom stereocenters. The molecule has 1 fully saturated rings. The van der Waals surface area contributed by atoms with E-state index in [2.05, 4.69) is 15.2 Å². The van der Waals surface area contributed by atoms with Gasteiger partial charge in [0.05, 0.1) is 23.1 Å². The third kappa shape index (κ3) is 6.37. The largest absolute Gasteiger partial charge is 0.444 e. The summed E-state index contributed by atoms with van der Waals surface area (Å²) < 4.78 is 29.1. The van der Waals surface area contributed by atoms with E-state index in [0.717, 1.165) is 5.96 Å². The molecule has 8 nitrogen and oxygen atoms in total. The van der Waals surface area contributed by atoms with E-state index in [0.29, 0.717) is 32.7 Å². The number of nitrogens with zero attached hydrogens (tertiary/aromatic N) is 3. The lowest BCUT2D eigenvalue weighted by Gasteiger charge is -2.39. The highest BCUT2D eigenvalue weighted by Gasteiger charge is 2.36. The van der Waals surface area contributed by atoms with E-state index in [-0.39, 0.29) is 41.9 Å². The number of fused-ring (bicyclic) bond motifs is 1. The molecule has 1 unspecified atom stereocenters. The Kier molecular flexibility index (Phi) is 7.82. The summed E-state index contributed by atoms with van der Waals surface area (Å²) in [5.74, 6) is 0.792. The third-order valence-electron chi connectivity index (χ3n) is 4.45. The molecule has 0 aromatic rings. The van der Waals surface area contributed by atoms with E-state index >= 15 is 0 Å². The summed E-state index contributed by atoms with van der Waals surface area (Å²) in [5, 5.41) is 3.15. The van der Waals surface area contributed by atoms with Crippen molar-refractivity contribution in [2.45, 2.75) is 57.9 Å². The van der Waals surface area contributed by atoms with Crippen LogP contribution >= 0.6 is 24.0 Å². The molecule has 0 aromatic heterocycles. The van der Waals surface area contributed by atoms with E-state index in [9.17, 15) is 13.2 Å². The number of piperazine rings is 1. The molecule has 0 saturated carbocycles. The number of hydrogen-bond acceptors (Lipinski definition) is 7. The number of carbonyl (C=O) groups is 1. The van der Waals surface area contributed by atoms with Crippen LogP contribution in [0.2, 0.25) is 0 Å². The Morgan fingerprint density at radius 3 is 2.41 bits per heavy atom. The molecule has 0 bridgehead atoms. The maximum Gasteiger partial charge on any atom is 0.410 e. The number of halogens is 1. The van der Waals surface area contributed by atoms with Crippen molar-refractivity contribution in [2.24, 2.45) is 4.99 Å². The summed E-state index contributed by atoms with van der Waals surface area (Å²) in [5.41, 5.74) is -0.508. The molecule has 27 heavy (non-hydrogen) atoms. The fraction of sp³-hybridized carbons (Fsp3) is 0.882. The number of nitrogens with one attached hydrogen (secondary N) is 1. The Labute approximate surface area is 180 Å². The van der Waals surface area contributed by atoms with Crippen LogP contribution in [-0.4, -0.2) is 85.1 Å². The minimum atomic E-state index is -3.16. The fourth-order valence-corrected chi connectivity index (χ4v) is 3.81. The van der Waals surface area contributed by atoms with E-state index < -0.39 is 20.2 Å². The highest BCUT2D eigenvalue weighted by Crippen LogP contribution is 2.19. The van der Waals surface area contributed by atoms with Gasteiger partial charge in [0.1, 0.15) is 5.60 Å². The fourth-order valence-electron chi connectivity index (χ4n) is 2.83. The van der Waals surface area contributed by atoms with Crippen LogP contribution in [0, 0.1) is 0 Å². The van der Waals surface area contributed by atoms with Gasteiger partial charge in [-0.25, -0.2) is 13.2 Å². The van der Waals surface area contributed by atoms with Gasteiger partial charge in [0.15, 0.2) is 15.8 Å². The first-order chi connectivity index (χ1) is 11.8. The molecule has 2 rings (SSSR count). The normalized spacial score (nSPS) is 20.5. The highest BCUT2D eigenvalue weighted by molar-refractivity contribution is 14.0. The van der Waals surface area contributed by atoms with Crippen molar-refractivity contribution >= 4 is 45.9 Å². The smallest absolute Gasteiger partial charge is 0.410 e. The number of guanidine groups is 1. The zero-order chi connectivity index (χ0) is 19.8. The van der Waals surface area contributed by atoms with Crippen LogP contribution in [0.1, 0.15) is 41.5 Å². The summed E-state index contributed by atoms with van der Waals surface area (Å²) in [6.07, 6.45) is -0.296. The number of amides is 1. The third-order valence-corrected chi connectivity index (χ3v) is 7.05. The molecule has 2 heterocycles. The van der Waals surface area contributed by atoms with E-state index in [1.165, 1.54) is 0 Å². The number of aliphatic imine (C=N–C) groups is 1. The SMILES string of the molecule is CC(C)(C)OC(=O)N1CCN2C(NCCS(=O)(=O)C(C)(C)C)=NCC2C1.I. The molecule has 0 aliphatic carbocycles. The number of ether oxygens (including phenoxy) is 1. The van der Waals surface area contributed by atoms with Gasteiger partial charge in [0.2, 0.25) is 0 Å². The molecule has 1 saturated heterocycles. The van der Waals surface area contributed by atoms with Crippen LogP contribution in [0.4, 0.5) is 4.79 Å². The van der Waals surface area contributed by atoms with Crippen molar-refractivity contribution in [3.63, 3.8) is 0 Å². The van der Waals surface area contributed by atoms with Gasteiger partial charge in [-0.1, -0.05) is 0 Å². The van der Waals surface area contributed by atoms with Crippen LogP contribution in [0.5, 0.6) is 0 Å². The Morgan fingerprint density at radius 2 is 1.85 bits per heavy atom. The molecule has 0 spiro atoms. The maximum absolute atomic E-state index is 12.2. The number of hydrogen-bond donors (Lipinski definition) is 1. The summed E-state index contributed by atoms with van der Waals surface area (Å²) in [7, 11) is -3.16. The van der Waals surface area contributed by atoms with Crippen molar-refractivity contribution in [3.05, 3.63) is 0 Å². The van der Waals surface area contributed by atoms with Crippen molar-refractivity contribution in [2.75, 3.05) is 38.5 Å². The van der Waals surface area contributed by atoms with Crippen molar-refractivity contribution in [1.82, 2.24) is 15.1 Å². The van der Waals surface area contributed by atoms with E-state index in [1.54, 1.807) is 25.7 Å². The van der Waals surface area contributed by atoms with Gasteiger partial charge in [-0.2, -0.15) is 0 Å². The van der Waals surface area contributed by atoms with Crippen LogP contribution in [0.3, 0.4) is 0 Å². The lowest BCUT2D eigenvalue weighted by Crippen LogP contribution is -2.57. The average Bonchev–Trinajstić information content (AvgIpc) is 2.86. The minimum absolute atomic E-state index is 0. The van der Waals surface area contributed by atoms with Crippen LogP contribution in [0.15, 0.2) is 4.99 Å². The predicted molar refractivity (Wildman–Crippen MR) is 118 cm³/mol. The predicted octanol–water partition coefficient (Wildman–Crippen LogP) is 1.70. The van der Waals surface area contributed by atoms with Gasteiger partial charge in [0.25, 0.3) is 0 Å². The molecule has 158 valence electrons. The first-order valence-electron chi connectivity index (χ1n) is 9.05. The zero-order valence-corrected chi connectivity index (χ0v) is 20.3. The second-order valence-electron chi connectivity index (χ2n) is 8.80. The molecule has 2 aliphatic heterocycles. The quantitative estimate of drug-likeness (QED) is 0.575. The lowest BCUT2D eigenvalue weighted by molar-refractivity contribution is 0.0137. The Balaban J connectivity index is 0.00000364. The van der Waals surface area contributed by atoms with E-state index in [4.69, 9.17) is 4.74 Å². The number of sulfone groups is 1. The highest BCUT2D eigenvalue weighted by atomic mass is 127. The lowest BCUT2D eigenvalue weighted by atomic mass is 10.2. The Hall–Kier alpha value is -0.780. The first kappa shape index (κ1) is 24.3. The Bertz CT molecular complexity index is 667.